The zero-order valence-corrected chi connectivity index (χ0v) is 11.1. The molecule has 0 spiro atoms. The third-order valence-corrected chi connectivity index (χ3v) is 3.80. The van der Waals surface area contributed by atoms with Gasteiger partial charge < -0.3 is 11.1 Å². The van der Waals surface area contributed by atoms with E-state index in [1.54, 1.807) is 6.20 Å². The van der Waals surface area contributed by atoms with Gasteiger partial charge in [-0.2, -0.15) is 5.10 Å². The van der Waals surface area contributed by atoms with Gasteiger partial charge in [0.25, 0.3) is 0 Å². The molecular weight excluding hydrogens is 228 g/mol. The van der Waals surface area contributed by atoms with Crippen molar-refractivity contribution in [3.63, 3.8) is 0 Å². The lowest BCUT2D eigenvalue weighted by molar-refractivity contribution is -0.119. The van der Waals surface area contributed by atoms with Gasteiger partial charge in [-0.05, 0) is 38.6 Å². The number of anilines is 1. The average Bonchev–Trinajstić information content (AvgIpc) is 2.72. The first-order valence-corrected chi connectivity index (χ1v) is 6.59. The lowest BCUT2D eigenvalue weighted by Gasteiger charge is -2.40. The van der Waals surface area contributed by atoms with Crippen LogP contribution >= 0.6 is 0 Å². The van der Waals surface area contributed by atoms with Gasteiger partial charge in [0.1, 0.15) is 0 Å². The number of amides is 1. The Balaban J connectivity index is 1.90. The van der Waals surface area contributed by atoms with Gasteiger partial charge in [-0.3, -0.25) is 9.48 Å². The van der Waals surface area contributed by atoms with Gasteiger partial charge in [-0.1, -0.05) is 6.42 Å². The Morgan fingerprint density at radius 2 is 2.33 bits per heavy atom. The van der Waals surface area contributed by atoms with E-state index >= 15 is 0 Å². The summed E-state index contributed by atoms with van der Waals surface area (Å²) < 4.78 is 1.83. The van der Waals surface area contributed by atoms with Gasteiger partial charge in [-0.15, -0.1) is 0 Å². The molecule has 2 rings (SSSR count). The predicted octanol–water partition coefficient (Wildman–Crippen LogP) is 1.92. The largest absolute Gasteiger partial charge is 0.330 e. The maximum Gasteiger partial charge on any atom is 0.225 e. The minimum absolute atomic E-state index is 0.0449. The van der Waals surface area contributed by atoms with Crippen molar-refractivity contribution in [1.82, 2.24) is 9.78 Å². The summed E-state index contributed by atoms with van der Waals surface area (Å²) in [6.45, 7) is 4.71. The molecule has 1 aliphatic carbocycles. The van der Waals surface area contributed by atoms with Gasteiger partial charge in [0, 0.05) is 18.7 Å². The van der Waals surface area contributed by atoms with E-state index in [0.29, 0.717) is 19.0 Å². The second-order valence-electron chi connectivity index (χ2n) is 5.59. The highest BCUT2D eigenvalue weighted by molar-refractivity contribution is 5.90. The van der Waals surface area contributed by atoms with Crippen LogP contribution in [0.25, 0.3) is 0 Å². The fourth-order valence-corrected chi connectivity index (χ4v) is 2.36. The number of carbonyl (C=O) groups is 1. The standard InChI is InChI=1S/C13H22N4O/c1-10(2)17-8-11(7-15-17)16-12(18)6-13(9-14)4-3-5-13/h7-8,10H,3-6,9,14H2,1-2H3,(H,16,18). The normalized spacial score (nSPS) is 17.6. The van der Waals surface area contributed by atoms with Crippen molar-refractivity contribution < 1.29 is 4.79 Å². The molecule has 1 amide bonds. The van der Waals surface area contributed by atoms with Crippen LogP contribution in [0.4, 0.5) is 5.69 Å². The van der Waals surface area contributed by atoms with Crippen LogP contribution < -0.4 is 11.1 Å². The molecule has 18 heavy (non-hydrogen) atoms. The summed E-state index contributed by atoms with van der Waals surface area (Å²) in [6.07, 6.45) is 7.41. The van der Waals surface area contributed by atoms with Crippen LogP contribution in [-0.2, 0) is 4.79 Å². The number of nitrogens with two attached hydrogens (primary N) is 1. The van der Waals surface area contributed by atoms with Gasteiger partial charge in [0.15, 0.2) is 0 Å². The van der Waals surface area contributed by atoms with Crippen molar-refractivity contribution in [2.24, 2.45) is 11.1 Å². The maximum atomic E-state index is 12.0. The lowest BCUT2D eigenvalue weighted by Crippen LogP contribution is -2.40. The van der Waals surface area contributed by atoms with Gasteiger partial charge in [-0.25, -0.2) is 0 Å². The minimum atomic E-state index is 0.0449. The predicted molar refractivity (Wildman–Crippen MR) is 71.2 cm³/mol. The van der Waals surface area contributed by atoms with Gasteiger partial charge in [0.05, 0.1) is 11.9 Å². The molecule has 0 radical (unpaired) electrons. The summed E-state index contributed by atoms with van der Waals surface area (Å²) in [7, 11) is 0. The van der Waals surface area contributed by atoms with Crippen LogP contribution in [0.5, 0.6) is 0 Å². The molecular formula is C13H22N4O. The molecule has 1 aliphatic rings. The Hall–Kier alpha value is -1.36. The number of hydrogen-bond donors (Lipinski definition) is 2. The van der Waals surface area contributed by atoms with E-state index in [1.807, 2.05) is 10.9 Å². The highest BCUT2D eigenvalue weighted by Crippen LogP contribution is 2.43. The molecule has 1 fully saturated rings. The maximum absolute atomic E-state index is 12.0. The molecule has 0 atom stereocenters. The molecule has 0 unspecified atom stereocenters. The molecule has 5 nitrogen and oxygen atoms in total. The number of aromatic nitrogens is 2. The summed E-state index contributed by atoms with van der Waals surface area (Å²) in [4.78, 5) is 12.0. The van der Waals surface area contributed by atoms with E-state index in [4.69, 9.17) is 5.73 Å². The van der Waals surface area contributed by atoms with Gasteiger partial charge >= 0.3 is 0 Å². The quantitative estimate of drug-likeness (QED) is 0.838. The third-order valence-electron chi connectivity index (χ3n) is 3.80. The van der Waals surface area contributed by atoms with Crippen LogP contribution in [0.1, 0.15) is 45.6 Å². The fourth-order valence-electron chi connectivity index (χ4n) is 2.36. The Labute approximate surface area is 108 Å². The summed E-state index contributed by atoms with van der Waals surface area (Å²) >= 11 is 0. The molecule has 1 aromatic heterocycles. The second kappa shape index (κ2) is 5.10. The minimum Gasteiger partial charge on any atom is -0.330 e. The zero-order chi connectivity index (χ0) is 13.2. The van der Waals surface area contributed by atoms with Crippen LogP contribution in [0.15, 0.2) is 12.4 Å². The Kier molecular flexibility index (Phi) is 3.71. The summed E-state index contributed by atoms with van der Waals surface area (Å²) in [5, 5.41) is 7.09. The number of carbonyl (C=O) groups excluding carboxylic acids is 1. The average molecular weight is 250 g/mol. The smallest absolute Gasteiger partial charge is 0.225 e. The molecule has 0 aromatic carbocycles. The van der Waals surface area contributed by atoms with Crippen molar-refractivity contribution in [3.05, 3.63) is 12.4 Å². The topological polar surface area (TPSA) is 72.9 Å². The first-order chi connectivity index (χ1) is 8.54. The SMILES string of the molecule is CC(C)n1cc(NC(=O)CC2(CN)CCC2)cn1. The monoisotopic (exact) mass is 250 g/mol. The van der Waals surface area contributed by atoms with E-state index in [-0.39, 0.29) is 11.3 Å². The van der Waals surface area contributed by atoms with Crippen LogP contribution in [0.3, 0.4) is 0 Å². The summed E-state index contributed by atoms with van der Waals surface area (Å²) in [5.74, 6) is 0.0449. The number of nitrogens with one attached hydrogen (secondary N) is 1. The van der Waals surface area contributed by atoms with Gasteiger partial charge in [0.2, 0.25) is 5.91 Å². The van der Waals surface area contributed by atoms with Crippen molar-refractivity contribution >= 4 is 11.6 Å². The molecule has 0 saturated heterocycles. The second-order valence-corrected chi connectivity index (χ2v) is 5.59. The molecule has 0 aliphatic heterocycles. The Morgan fingerprint density at radius 1 is 1.61 bits per heavy atom. The molecule has 5 heteroatoms. The lowest BCUT2D eigenvalue weighted by atomic mass is 9.66. The zero-order valence-electron chi connectivity index (χ0n) is 11.1. The third kappa shape index (κ3) is 2.72. The molecule has 1 aromatic rings. The number of nitrogens with zero attached hydrogens (tertiary/aromatic N) is 2. The van der Waals surface area contributed by atoms with E-state index < -0.39 is 0 Å². The Bertz CT molecular complexity index is 415. The summed E-state index contributed by atoms with van der Waals surface area (Å²) in [6, 6.07) is 0.303. The molecule has 1 saturated carbocycles. The van der Waals surface area contributed by atoms with E-state index in [0.717, 1.165) is 18.5 Å². The highest BCUT2D eigenvalue weighted by atomic mass is 16.1. The molecule has 0 bridgehead atoms. The highest BCUT2D eigenvalue weighted by Gasteiger charge is 2.37. The fraction of sp³-hybridized carbons (Fsp3) is 0.692. The molecule has 3 N–H and O–H groups in total. The number of hydrogen-bond acceptors (Lipinski definition) is 3. The van der Waals surface area contributed by atoms with Crippen LogP contribution in [0, 0.1) is 5.41 Å². The summed E-state index contributed by atoms with van der Waals surface area (Å²) in [5.41, 5.74) is 6.58. The van der Waals surface area contributed by atoms with Crippen LogP contribution in [-0.4, -0.2) is 22.2 Å². The van der Waals surface area contributed by atoms with Crippen molar-refractivity contribution in [2.45, 2.75) is 45.6 Å². The first kappa shape index (κ1) is 13.1. The van der Waals surface area contributed by atoms with E-state index in [1.165, 1.54) is 6.42 Å². The number of rotatable bonds is 5. The first-order valence-electron chi connectivity index (χ1n) is 6.59. The van der Waals surface area contributed by atoms with Crippen molar-refractivity contribution in [1.29, 1.82) is 0 Å². The van der Waals surface area contributed by atoms with Crippen LogP contribution in [0.2, 0.25) is 0 Å². The van der Waals surface area contributed by atoms with Crippen molar-refractivity contribution in [3.8, 4) is 0 Å². The molecule has 1 heterocycles. The Morgan fingerprint density at radius 3 is 2.78 bits per heavy atom. The van der Waals surface area contributed by atoms with E-state index in [9.17, 15) is 4.79 Å². The molecule has 100 valence electrons. The van der Waals surface area contributed by atoms with Crippen molar-refractivity contribution in [2.75, 3.05) is 11.9 Å². The van der Waals surface area contributed by atoms with E-state index in [2.05, 4.69) is 24.3 Å².